The summed E-state index contributed by atoms with van der Waals surface area (Å²) >= 11 is 1.90. The van der Waals surface area contributed by atoms with E-state index in [1.165, 1.54) is 15.3 Å². The van der Waals surface area contributed by atoms with Gasteiger partial charge in [-0.15, -0.1) is 11.3 Å². The normalized spacial score (nSPS) is 11.6. The van der Waals surface area contributed by atoms with Gasteiger partial charge in [0.15, 0.2) is 0 Å². The fourth-order valence-electron chi connectivity index (χ4n) is 1.99. The molecule has 0 amide bonds. The summed E-state index contributed by atoms with van der Waals surface area (Å²) in [6.07, 6.45) is 0. The van der Waals surface area contributed by atoms with Crippen LogP contribution in [0.25, 0.3) is 0 Å². The quantitative estimate of drug-likeness (QED) is 0.884. The minimum Gasteiger partial charge on any atom is -0.497 e. The Morgan fingerprint density at radius 2 is 1.90 bits per heavy atom. The predicted octanol–water partition coefficient (Wildman–Crippen LogP) is 4.34. The van der Waals surface area contributed by atoms with E-state index >= 15 is 0 Å². The molecule has 20 heavy (non-hydrogen) atoms. The summed E-state index contributed by atoms with van der Waals surface area (Å²) in [5.41, 5.74) is 1.49. The van der Waals surface area contributed by atoms with Gasteiger partial charge in [-0.2, -0.15) is 0 Å². The number of nitrogens with one attached hydrogen (secondary N) is 1. The molecule has 0 aliphatic carbocycles. The number of ether oxygens (including phenoxy) is 1. The molecule has 108 valence electrons. The van der Waals surface area contributed by atoms with E-state index < -0.39 is 0 Å². The summed E-state index contributed by atoms with van der Waals surface area (Å²) in [7, 11) is 1.70. The summed E-state index contributed by atoms with van der Waals surface area (Å²) < 4.78 is 5.23. The monoisotopic (exact) mass is 289 g/mol. The topological polar surface area (TPSA) is 21.3 Å². The second kappa shape index (κ2) is 6.42. The molecule has 1 heterocycles. The first-order chi connectivity index (χ1) is 9.49. The van der Waals surface area contributed by atoms with Crippen LogP contribution in [0.5, 0.6) is 5.75 Å². The first kappa shape index (κ1) is 15.1. The van der Waals surface area contributed by atoms with Crippen LogP contribution in [0.2, 0.25) is 0 Å². The van der Waals surface area contributed by atoms with Crippen LogP contribution in [0.4, 0.5) is 0 Å². The van der Waals surface area contributed by atoms with Gasteiger partial charge in [-0.25, -0.2) is 0 Å². The molecule has 0 saturated carbocycles. The van der Waals surface area contributed by atoms with Crippen LogP contribution < -0.4 is 10.1 Å². The molecule has 0 aliphatic heterocycles. The number of hydrogen-bond donors (Lipinski definition) is 1. The second-order valence-corrected chi connectivity index (χ2v) is 7.14. The molecule has 0 aliphatic rings. The summed E-state index contributed by atoms with van der Waals surface area (Å²) in [6.45, 7) is 8.54. The van der Waals surface area contributed by atoms with Gasteiger partial charge in [0.2, 0.25) is 0 Å². The van der Waals surface area contributed by atoms with E-state index in [0.717, 1.165) is 18.8 Å². The fraction of sp³-hybridized carbons (Fsp3) is 0.412. The van der Waals surface area contributed by atoms with Gasteiger partial charge in [-0.05, 0) is 35.2 Å². The van der Waals surface area contributed by atoms with Gasteiger partial charge in [0, 0.05) is 22.8 Å². The smallest absolute Gasteiger partial charge is 0.119 e. The highest BCUT2D eigenvalue weighted by Gasteiger charge is 2.15. The van der Waals surface area contributed by atoms with Crippen molar-refractivity contribution in [3.8, 4) is 5.75 Å². The molecule has 0 spiro atoms. The van der Waals surface area contributed by atoms with E-state index in [0.29, 0.717) is 0 Å². The van der Waals surface area contributed by atoms with E-state index in [1.807, 2.05) is 23.5 Å². The molecule has 1 aromatic carbocycles. The molecule has 0 radical (unpaired) electrons. The Hall–Kier alpha value is -1.32. The van der Waals surface area contributed by atoms with Crippen LogP contribution in [-0.4, -0.2) is 7.11 Å². The first-order valence-electron chi connectivity index (χ1n) is 6.92. The average molecular weight is 289 g/mol. The highest BCUT2D eigenvalue weighted by molar-refractivity contribution is 7.12. The van der Waals surface area contributed by atoms with Crippen molar-refractivity contribution in [3.05, 3.63) is 51.7 Å². The van der Waals surface area contributed by atoms with Gasteiger partial charge in [-0.3, -0.25) is 0 Å². The van der Waals surface area contributed by atoms with E-state index in [-0.39, 0.29) is 5.41 Å². The molecule has 2 nitrogen and oxygen atoms in total. The van der Waals surface area contributed by atoms with Crippen molar-refractivity contribution in [2.24, 2.45) is 0 Å². The summed E-state index contributed by atoms with van der Waals surface area (Å²) in [5.74, 6) is 0.912. The van der Waals surface area contributed by atoms with Crippen molar-refractivity contribution in [1.29, 1.82) is 0 Å². The van der Waals surface area contributed by atoms with E-state index in [4.69, 9.17) is 4.74 Å². The number of hydrogen-bond acceptors (Lipinski definition) is 3. The molecule has 2 aromatic rings. The van der Waals surface area contributed by atoms with Crippen molar-refractivity contribution in [1.82, 2.24) is 5.32 Å². The predicted molar refractivity (Wildman–Crippen MR) is 86.6 cm³/mol. The van der Waals surface area contributed by atoms with Gasteiger partial charge >= 0.3 is 0 Å². The van der Waals surface area contributed by atoms with Crippen LogP contribution in [0.1, 0.15) is 36.1 Å². The lowest BCUT2D eigenvalue weighted by molar-refractivity contribution is 0.414. The largest absolute Gasteiger partial charge is 0.497 e. The third-order valence-corrected chi connectivity index (χ3v) is 4.67. The Morgan fingerprint density at radius 1 is 1.10 bits per heavy atom. The van der Waals surface area contributed by atoms with Crippen molar-refractivity contribution in [2.75, 3.05) is 7.11 Å². The van der Waals surface area contributed by atoms with Gasteiger partial charge in [0.05, 0.1) is 7.11 Å². The van der Waals surface area contributed by atoms with E-state index in [2.05, 4.69) is 50.4 Å². The molecule has 0 saturated heterocycles. The van der Waals surface area contributed by atoms with Crippen molar-refractivity contribution >= 4 is 11.3 Å². The van der Waals surface area contributed by atoms with Crippen molar-refractivity contribution in [2.45, 2.75) is 39.3 Å². The maximum Gasteiger partial charge on any atom is 0.119 e. The Morgan fingerprint density at radius 3 is 2.55 bits per heavy atom. The zero-order valence-corrected chi connectivity index (χ0v) is 13.5. The minimum absolute atomic E-state index is 0.246. The zero-order chi connectivity index (χ0) is 14.6. The van der Waals surface area contributed by atoms with Crippen molar-refractivity contribution < 1.29 is 4.74 Å². The van der Waals surface area contributed by atoms with Crippen LogP contribution in [0, 0.1) is 0 Å². The van der Waals surface area contributed by atoms with E-state index in [1.54, 1.807) is 7.11 Å². The average Bonchev–Trinajstić information content (AvgIpc) is 2.88. The molecule has 0 unspecified atom stereocenters. The van der Waals surface area contributed by atoms with Gasteiger partial charge in [-0.1, -0.05) is 32.9 Å². The number of methoxy groups -OCH3 is 1. The number of thiophene rings is 1. The molecular weight excluding hydrogens is 266 g/mol. The molecule has 2 rings (SSSR count). The lowest BCUT2D eigenvalue weighted by atomic mass is 9.95. The molecule has 1 aromatic heterocycles. The summed E-state index contributed by atoms with van der Waals surface area (Å²) in [6, 6.07) is 12.7. The van der Waals surface area contributed by atoms with E-state index in [9.17, 15) is 0 Å². The van der Waals surface area contributed by atoms with Crippen LogP contribution >= 0.6 is 11.3 Å². The maximum absolute atomic E-state index is 5.23. The standard InChI is InChI=1S/C17H23NOS/c1-17(2,3)16-9-8-15(20-16)12-18-11-13-6-5-7-14(10-13)19-4/h5-10,18H,11-12H2,1-4H3. The van der Waals surface area contributed by atoms with Gasteiger partial charge in [0.25, 0.3) is 0 Å². The second-order valence-electron chi connectivity index (χ2n) is 5.97. The first-order valence-corrected chi connectivity index (χ1v) is 7.73. The Labute approximate surface area is 125 Å². The molecule has 1 N–H and O–H groups in total. The molecule has 0 fully saturated rings. The summed E-state index contributed by atoms with van der Waals surface area (Å²) in [4.78, 5) is 2.83. The lowest BCUT2D eigenvalue weighted by Gasteiger charge is -2.15. The van der Waals surface area contributed by atoms with Gasteiger partial charge < -0.3 is 10.1 Å². The minimum atomic E-state index is 0.246. The molecule has 3 heteroatoms. The molecule has 0 atom stereocenters. The van der Waals surface area contributed by atoms with Crippen LogP contribution in [0.15, 0.2) is 36.4 Å². The maximum atomic E-state index is 5.23. The highest BCUT2D eigenvalue weighted by Crippen LogP contribution is 2.29. The number of rotatable bonds is 5. The Kier molecular flexibility index (Phi) is 4.84. The van der Waals surface area contributed by atoms with Crippen molar-refractivity contribution in [3.63, 3.8) is 0 Å². The van der Waals surface area contributed by atoms with Crippen LogP contribution in [-0.2, 0) is 18.5 Å². The van der Waals surface area contributed by atoms with Gasteiger partial charge in [0.1, 0.15) is 5.75 Å². The molecule has 0 bridgehead atoms. The Balaban J connectivity index is 1.88. The van der Waals surface area contributed by atoms with Crippen LogP contribution in [0.3, 0.4) is 0 Å². The third kappa shape index (κ3) is 4.09. The molecular formula is C17H23NOS. The SMILES string of the molecule is COc1cccc(CNCc2ccc(C(C)(C)C)s2)c1. The fourth-order valence-corrected chi connectivity index (χ4v) is 3.02. The lowest BCUT2D eigenvalue weighted by Crippen LogP contribution is -2.11. The Bertz CT molecular complexity index is 554. The zero-order valence-electron chi connectivity index (χ0n) is 12.7. The highest BCUT2D eigenvalue weighted by atomic mass is 32.1. The number of benzene rings is 1. The summed E-state index contributed by atoms with van der Waals surface area (Å²) in [5, 5.41) is 3.49. The third-order valence-electron chi connectivity index (χ3n) is 3.16.